The maximum Gasteiger partial charge on any atom is 0.335 e. The Morgan fingerprint density at radius 2 is 2.24 bits per heavy atom. The maximum absolute atomic E-state index is 12.2. The summed E-state index contributed by atoms with van der Waals surface area (Å²) in [5.41, 5.74) is 2.00. The molecule has 1 aromatic carbocycles. The Bertz CT molecular complexity index is 567. The van der Waals surface area contributed by atoms with E-state index in [2.05, 4.69) is 5.32 Å². The Balaban J connectivity index is 2.10. The quantitative estimate of drug-likeness (QED) is 0.661. The number of carbonyl (C=O) groups is 2. The van der Waals surface area contributed by atoms with Crippen LogP contribution >= 0.6 is 0 Å². The van der Waals surface area contributed by atoms with Gasteiger partial charge in [-0.2, -0.15) is 0 Å². The first-order valence-electron chi connectivity index (χ1n) is 7.16. The number of urea groups is 1. The van der Waals surface area contributed by atoms with Gasteiger partial charge in [-0.3, -0.25) is 4.90 Å². The van der Waals surface area contributed by atoms with Crippen molar-refractivity contribution in [2.24, 2.45) is 0 Å². The average Bonchev–Trinajstić information content (AvgIpc) is 2.50. The third kappa shape index (κ3) is 3.62. The zero-order valence-corrected chi connectivity index (χ0v) is 12.1. The van der Waals surface area contributed by atoms with Gasteiger partial charge in [-0.25, -0.2) is 9.59 Å². The van der Waals surface area contributed by atoms with Gasteiger partial charge in [0.05, 0.1) is 5.56 Å². The van der Waals surface area contributed by atoms with E-state index in [4.69, 9.17) is 5.11 Å². The summed E-state index contributed by atoms with van der Waals surface area (Å²) in [7, 11) is 0. The van der Waals surface area contributed by atoms with Gasteiger partial charge in [0, 0.05) is 18.8 Å². The first-order chi connectivity index (χ1) is 10.1. The number of rotatable bonds is 4. The zero-order valence-electron chi connectivity index (χ0n) is 12.1. The minimum Gasteiger partial charge on any atom is -0.478 e. The molecular formula is C16H20N2O3. The molecule has 1 aliphatic heterocycles. The number of allylic oxidation sites excluding steroid dienone is 1. The minimum absolute atomic E-state index is 0.122. The number of benzene rings is 1. The molecule has 2 N–H and O–H groups in total. The molecule has 0 radical (unpaired) electrons. The number of fused-ring (bicyclic) bond motifs is 1. The number of hydrogen-bond acceptors (Lipinski definition) is 2. The molecule has 0 unspecified atom stereocenters. The number of carboxylic acids is 1. The molecule has 0 saturated carbocycles. The molecule has 5 heteroatoms. The topological polar surface area (TPSA) is 69.6 Å². The largest absolute Gasteiger partial charge is 0.478 e. The van der Waals surface area contributed by atoms with E-state index in [0.29, 0.717) is 13.1 Å². The van der Waals surface area contributed by atoms with Crippen molar-refractivity contribution in [3.63, 3.8) is 0 Å². The molecule has 2 amide bonds. The van der Waals surface area contributed by atoms with Crippen molar-refractivity contribution in [3.05, 3.63) is 41.5 Å². The molecule has 0 saturated heterocycles. The van der Waals surface area contributed by atoms with E-state index < -0.39 is 5.97 Å². The van der Waals surface area contributed by atoms with E-state index in [1.807, 2.05) is 19.1 Å². The predicted molar refractivity (Wildman–Crippen MR) is 81.9 cm³/mol. The molecule has 0 spiro atoms. The fourth-order valence-electron chi connectivity index (χ4n) is 2.47. The Morgan fingerprint density at radius 1 is 1.43 bits per heavy atom. The molecule has 5 nitrogen and oxygen atoms in total. The molecule has 0 aliphatic carbocycles. The molecule has 0 bridgehead atoms. The highest BCUT2D eigenvalue weighted by Gasteiger charge is 2.23. The SMILES string of the molecule is C/C=C/CCNC(=O)N1CCCc2cc(C(=O)O)ccc21. The average molecular weight is 288 g/mol. The highest BCUT2D eigenvalue weighted by molar-refractivity contribution is 5.95. The van der Waals surface area contributed by atoms with E-state index in [0.717, 1.165) is 30.5 Å². The van der Waals surface area contributed by atoms with Gasteiger partial charge >= 0.3 is 12.0 Å². The molecule has 1 heterocycles. The highest BCUT2D eigenvalue weighted by Crippen LogP contribution is 2.28. The van der Waals surface area contributed by atoms with Crippen LogP contribution in [0.25, 0.3) is 0 Å². The number of nitrogens with zero attached hydrogens (tertiary/aromatic N) is 1. The number of amides is 2. The summed E-state index contributed by atoms with van der Waals surface area (Å²) in [6.45, 7) is 3.21. The number of carbonyl (C=O) groups excluding carboxylic acids is 1. The van der Waals surface area contributed by atoms with Gasteiger partial charge < -0.3 is 10.4 Å². The molecule has 0 fully saturated rings. The molecule has 1 aliphatic rings. The summed E-state index contributed by atoms with van der Waals surface area (Å²) in [5.74, 6) is -0.939. The Morgan fingerprint density at radius 3 is 2.95 bits per heavy atom. The monoisotopic (exact) mass is 288 g/mol. The van der Waals surface area contributed by atoms with Crippen LogP contribution in [0.15, 0.2) is 30.4 Å². The lowest BCUT2D eigenvalue weighted by atomic mass is 9.99. The van der Waals surface area contributed by atoms with E-state index in [1.165, 1.54) is 0 Å². The van der Waals surface area contributed by atoms with Crippen molar-refractivity contribution in [1.82, 2.24) is 5.32 Å². The van der Waals surface area contributed by atoms with Crippen molar-refractivity contribution in [2.75, 3.05) is 18.0 Å². The van der Waals surface area contributed by atoms with Crippen LogP contribution in [-0.2, 0) is 6.42 Å². The van der Waals surface area contributed by atoms with Gasteiger partial charge in [-0.05, 0) is 49.9 Å². The zero-order chi connectivity index (χ0) is 15.2. The second-order valence-electron chi connectivity index (χ2n) is 4.99. The fourth-order valence-corrected chi connectivity index (χ4v) is 2.47. The van der Waals surface area contributed by atoms with Crippen LogP contribution < -0.4 is 10.2 Å². The normalized spacial score (nSPS) is 14.0. The molecule has 21 heavy (non-hydrogen) atoms. The first kappa shape index (κ1) is 15.1. The van der Waals surface area contributed by atoms with Crippen LogP contribution in [0.1, 0.15) is 35.7 Å². The number of hydrogen-bond donors (Lipinski definition) is 2. The van der Waals surface area contributed by atoms with Gasteiger partial charge in [0.1, 0.15) is 0 Å². The van der Waals surface area contributed by atoms with Gasteiger partial charge in [0.15, 0.2) is 0 Å². The summed E-state index contributed by atoms with van der Waals surface area (Å²) in [6, 6.07) is 4.82. The van der Waals surface area contributed by atoms with Crippen LogP contribution in [0.2, 0.25) is 0 Å². The van der Waals surface area contributed by atoms with Crippen molar-refractivity contribution in [2.45, 2.75) is 26.2 Å². The summed E-state index contributed by atoms with van der Waals surface area (Å²) in [4.78, 5) is 24.9. The number of carboxylic acid groups (broad SMARTS) is 1. The van der Waals surface area contributed by atoms with E-state index in [9.17, 15) is 9.59 Å². The smallest absolute Gasteiger partial charge is 0.335 e. The maximum atomic E-state index is 12.2. The first-order valence-corrected chi connectivity index (χ1v) is 7.16. The lowest BCUT2D eigenvalue weighted by Gasteiger charge is -2.29. The fraction of sp³-hybridized carbons (Fsp3) is 0.375. The summed E-state index contributed by atoms with van der Waals surface area (Å²) < 4.78 is 0. The number of aryl methyl sites for hydroxylation is 1. The van der Waals surface area contributed by atoms with Crippen LogP contribution in [-0.4, -0.2) is 30.2 Å². The third-order valence-electron chi connectivity index (χ3n) is 3.51. The molecule has 1 aromatic rings. The van der Waals surface area contributed by atoms with E-state index >= 15 is 0 Å². The summed E-state index contributed by atoms with van der Waals surface area (Å²) in [5, 5.41) is 11.9. The standard InChI is InChI=1S/C16H20N2O3/c1-2-3-4-9-17-16(21)18-10-5-6-12-11-13(15(19)20)7-8-14(12)18/h2-3,7-8,11H,4-6,9-10H2,1H3,(H,17,21)(H,19,20)/b3-2+. The molecular weight excluding hydrogens is 268 g/mol. The molecule has 0 atom stereocenters. The molecule has 0 aromatic heterocycles. The van der Waals surface area contributed by atoms with Crippen LogP contribution in [0.5, 0.6) is 0 Å². The lowest BCUT2D eigenvalue weighted by molar-refractivity contribution is 0.0696. The highest BCUT2D eigenvalue weighted by atomic mass is 16.4. The predicted octanol–water partition coefficient (Wildman–Crippen LogP) is 2.81. The summed E-state index contributed by atoms with van der Waals surface area (Å²) >= 11 is 0. The van der Waals surface area contributed by atoms with Crippen molar-refractivity contribution < 1.29 is 14.7 Å². The second-order valence-corrected chi connectivity index (χ2v) is 4.99. The van der Waals surface area contributed by atoms with Gasteiger partial charge in [-0.1, -0.05) is 12.2 Å². The Kier molecular flexibility index (Phi) is 4.98. The Hall–Kier alpha value is -2.30. The number of nitrogens with one attached hydrogen (secondary N) is 1. The van der Waals surface area contributed by atoms with Gasteiger partial charge in [0.25, 0.3) is 0 Å². The molecule has 112 valence electrons. The van der Waals surface area contributed by atoms with Crippen LogP contribution in [0.3, 0.4) is 0 Å². The van der Waals surface area contributed by atoms with Crippen molar-refractivity contribution in [3.8, 4) is 0 Å². The van der Waals surface area contributed by atoms with Gasteiger partial charge in [-0.15, -0.1) is 0 Å². The van der Waals surface area contributed by atoms with E-state index in [-0.39, 0.29) is 11.6 Å². The van der Waals surface area contributed by atoms with Crippen molar-refractivity contribution >= 4 is 17.7 Å². The van der Waals surface area contributed by atoms with Crippen LogP contribution in [0.4, 0.5) is 10.5 Å². The summed E-state index contributed by atoms with van der Waals surface area (Å²) in [6.07, 6.45) is 6.41. The molecule has 2 rings (SSSR count). The Labute approximate surface area is 124 Å². The van der Waals surface area contributed by atoms with Crippen LogP contribution in [0, 0.1) is 0 Å². The lowest BCUT2D eigenvalue weighted by Crippen LogP contribution is -2.43. The third-order valence-corrected chi connectivity index (χ3v) is 3.51. The second kappa shape index (κ2) is 6.92. The van der Waals surface area contributed by atoms with E-state index in [1.54, 1.807) is 23.1 Å². The number of aromatic carboxylic acids is 1. The minimum atomic E-state index is -0.939. The number of anilines is 1. The van der Waals surface area contributed by atoms with Gasteiger partial charge in [0.2, 0.25) is 0 Å². The van der Waals surface area contributed by atoms with Crippen molar-refractivity contribution in [1.29, 1.82) is 0 Å².